The van der Waals surface area contributed by atoms with E-state index in [1.54, 1.807) is 6.07 Å². The van der Waals surface area contributed by atoms with Gasteiger partial charge < -0.3 is 26.0 Å². The van der Waals surface area contributed by atoms with Gasteiger partial charge in [0.2, 0.25) is 17.8 Å². The van der Waals surface area contributed by atoms with E-state index in [0.717, 1.165) is 25.7 Å². The van der Waals surface area contributed by atoms with Crippen LogP contribution in [-0.4, -0.2) is 53.1 Å². The monoisotopic (exact) mass is 375 g/mol. The Hall–Kier alpha value is -2.68. The van der Waals surface area contributed by atoms with Crippen LogP contribution >= 0.6 is 0 Å². The highest BCUT2D eigenvalue weighted by Crippen LogP contribution is 2.25. The fourth-order valence-corrected chi connectivity index (χ4v) is 3.31. The third-order valence-electron chi connectivity index (χ3n) is 4.82. The molecule has 0 aliphatic heterocycles. The average molecular weight is 375 g/mol. The maximum Gasteiger partial charge on any atom is 0.233 e. The number of hydrogen-bond acceptors (Lipinski definition) is 8. The molecule has 0 atom stereocenters. The lowest BCUT2D eigenvalue weighted by Crippen LogP contribution is -2.36. The molecule has 0 spiro atoms. The molecule has 0 saturated heterocycles. The summed E-state index contributed by atoms with van der Waals surface area (Å²) in [5.74, 6) is 0.488. The number of nitrogen functional groups attached to an aromatic ring is 1. The van der Waals surface area contributed by atoms with Crippen molar-refractivity contribution >= 4 is 23.5 Å². The minimum atomic E-state index is -0.472. The number of anilines is 4. The highest BCUT2D eigenvalue weighted by molar-refractivity contribution is 5.56. The zero-order chi connectivity index (χ0) is 19.4. The smallest absolute Gasteiger partial charge is 0.233 e. The maximum atomic E-state index is 13.9. The zero-order valence-corrected chi connectivity index (χ0v) is 15.9. The molecule has 9 heteroatoms. The van der Waals surface area contributed by atoms with Crippen LogP contribution in [-0.2, 0) is 0 Å². The van der Waals surface area contributed by atoms with Gasteiger partial charge in [-0.2, -0.15) is 15.0 Å². The maximum absolute atomic E-state index is 13.9. The van der Waals surface area contributed by atoms with Crippen LogP contribution in [0.3, 0.4) is 0 Å². The lowest BCUT2D eigenvalue weighted by atomic mass is 9.91. The molecule has 1 aliphatic rings. The van der Waals surface area contributed by atoms with Crippen LogP contribution in [0.15, 0.2) is 18.2 Å². The molecule has 8 nitrogen and oxygen atoms in total. The Morgan fingerprint density at radius 1 is 1.11 bits per heavy atom. The van der Waals surface area contributed by atoms with E-state index in [2.05, 4.69) is 44.6 Å². The number of rotatable bonds is 6. The van der Waals surface area contributed by atoms with Gasteiger partial charge in [0.1, 0.15) is 0 Å². The van der Waals surface area contributed by atoms with Gasteiger partial charge >= 0.3 is 0 Å². The van der Waals surface area contributed by atoms with E-state index in [4.69, 9.17) is 10.5 Å². The quantitative estimate of drug-likeness (QED) is 0.708. The van der Waals surface area contributed by atoms with Gasteiger partial charge in [-0.15, -0.1) is 0 Å². The number of ether oxygens (including phenoxy) is 1. The van der Waals surface area contributed by atoms with Gasteiger partial charge in [0.25, 0.3) is 0 Å². The molecule has 1 heterocycles. The Labute approximate surface area is 158 Å². The van der Waals surface area contributed by atoms with Gasteiger partial charge in [-0.05, 0) is 51.9 Å². The van der Waals surface area contributed by atoms with Crippen LogP contribution in [0.5, 0.6) is 5.75 Å². The molecule has 1 fully saturated rings. The van der Waals surface area contributed by atoms with Crippen LogP contribution in [0.2, 0.25) is 0 Å². The molecule has 1 aromatic heterocycles. The summed E-state index contributed by atoms with van der Waals surface area (Å²) in [4.78, 5) is 14.9. The number of nitrogens with one attached hydrogen (secondary N) is 2. The molecule has 1 aliphatic carbocycles. The summed E-state index contributed by atoms with van der Waals surface area (Å²) in [6.07, 6.45) is 4.34. The van der Waals surface area contributed by atoms with Gasteiger partial charge in [-0.3, -0.25) is 0 Å². The number of hydrogen-bond donors (Lipinski definition) is 3. The van der Waals surface area contributed by atoms with Crippen LogP contribution in [0.1, 0.15) is 25.7 Å². The average Bonchev–Trinajstić information content (AvgIpc) is 2.62. The summed E-state index contributed by atoms with van der Waals surface area (Å²) in [6.45, 7) is 0. The lowest BCUT2D eigenvalue weighted by molar-refractivity contribution is 0.221. The summed E-state index contributed by atoms with van der Waals surface area (Å²) in [6, 6.07) is 5.44. The van der Waals surface area contributed by atoms with Gasteiger partial charge in [0.15, 0.2) is 11.6 Å². The van der Waals surface area contributed by atoms with Crippen molar-refractivity contribution in [2.45, 2.75) is 37.8 Å². The molecule has 4 N–H and O–H groups in total. The molecule has 1 aromatic carbocycles. The first-order valence-corrected chi connectivity index (χ1v) is 8.99. The Bertz CT molecular complexity index is 778. The van der Waals surface area contributed by atoms with E-state index in [-0.39, 0.29) is 17.6 Å². The molecular weight excluding hydrogens is 349 g/mol. The number of aromatic nitrogens is 3. The van der Waals surface area contributed by atoms with E-state index < -0.39 is 5.82 Å². The minimum Gasteiger partial charge on any atom is -0.494 e. The van der Waals surface area contributed by atoms with Crippen molar-refractivity contribution in [2.24, 2.45) is 0 Å². The van der Waals surface area contributed by atoms with Crippen molar-refractivity contribution in [3.05, 3.63) is 24.0 Å². The first-order chi connectivity index (χ1) is 12.9. The highest BCUT2D eigenvalue weighted by atomic mass is 19.1. The SMILES string of the molecule is COc1ccc(Nc2nc(N)nc(NC3CCC(N(C)C)CC3)n2)cc1F. The fraction of sp³-hybridized carbons (Fsp3) is 0.500. The number of halogens is 1. The Kier molecular flexibility index (Phi) is 5.90. The molecule has 0 bridgehead atoms. The van der Waals surface area contributed by atoms with E-state index >= 15 is 0 Å². The van der Waals surface area contributed by atoms with Crippen molar-refractivity contribution in [1.82, 2.24) is 19.9 Å². The van der Waals surface area contributed by atoms with E-state index in [1.807, 2.05) is 0 Å². The second kappa shape index (κ2) is 8.34. The van der Waals surface area contributed by atoms with Crippen LogP contribution in [0, 0.1) is 5.82 Å². The van der Waals surface area contributed by atoms with E-state index in [1.165, 1.54) is 19.2 Å². The second-order valence-corrected chi connectivity index (χ2v) is 6.93. The number of nitrogens with zero attached hydrogens (tertiary/aromatic N) is 4. The highest BCUT2D eigenvalue weighted by Gasteiger charge is 2.23. The summed E-state index contributed by atoms with van der Waals surface area (Å²) in [7, 11) is 5.65. The third-order valence-corrected chi connectivity index (χ3v) is 4.82. The minimum absolute atomic E-state index is 0.103. The topological polar surface area (TPSA) is 101 Å². The molecule has 2 aromatic rings. The Morgan fingerprint density at radius 3 is 2.44 bits per heavy atom. The van der Waals surface area contributed by atoms with Crippen molar-refractivity contribution in [3.63, 3.8) is 0 Å². The summed E-state index contributed by atoms with van der Waals surface area (Å²) in [5.41, 5.74) is 6.31. The molecule has 0 amide bonds. The molecule has 3 rings (SSSR count). The molecule has 27 heavy (non-hydrogen) atoms. The van der Waals surface area contributed by atoms with Crippen molar-refractivity contribution < 1.29 is 9.13 Å². The second-order valence-electron chi connectivity index (χ2n) is 6.93. The van der Waals surface area contributed by atoms with E-state index in [9.17, 15) is 4.39 Å². The molecular formula is C18H26FN7O. The predicted octanol–water partition coefficient (Wildman–Crippen LogP) is 2.63. The van der Waals surface area contributed by atoms with Gasteiger partial charge in [0.05, 0.1) is 7.11 Å². The first-order valence-electron chi connectivity index (χ1n) is 8.99. The van der Waals surface area contributed by atoms with Crippen LogP contribution in [0.4, 0.5) is 27.9 Å². The van der Waals surface area contributed by atoms with E-state index in [0.29, 0.717) is 23.7 Å². The van der Waals surface area contributed by atoms with Gasteiger partial charge in [-0.25, -0.2) is 4.39 Å². The first kappa shape index (κ1) is 19.1. The van der Waals surface area contributed by atoms with Crippen molar-refractivity contribution in [2.75, 3.05) is 37.6 Å². The van der Waals surface area contributed by atoms with Crippen LogP contribution < -0.4 is 21.1 Å². The van der Waals surface area contributed by atoms with Crippen molar-refractivity contribution in [3.8, 4) is 5.75 Å². The van der Waals surface area contributed by atoms with Gasteiger partial charge in [0, 0.05) is 23.8 Å². The molecule has 1 saturated carbocycles. The summed E-state index contributed by atoms with van der Waals surface area (Å²) < 4.78 is 18.8. The summed E-state index contributed by atoms with van der Waals surface area (Å²) in [5, 5.41) is 6.29. The van der Waals surface area contributed by atoms with Gasteiger partial charge in [-0.1, -0.05) is 0 Å². The molecule has 146 valence electrons. The number of nitrogens with two attached hydrogens (primary N) is 1. The zero-order valence-electron chi connectivity index (χ0n) is 15.9. The lowest BCUT2D eigenvalue weighted by Gasteiger charge is -2.32. The standard InChI is InChI=1S/C18H26FN7O/c1-26(2)13-7-4-11(5-8-13)21-17-23-16(20)24-18(25-17)22-12-6-9-15(27-3)14(19)10-12/h6,9-11,13H,4-5,7-8H2,1-3H3,(H4,20,21,22,23,24,25). The summed E-state index contributed by atoms with van der Waals surface area (Å²) >= 11 is 0. The van der Waals surface area contributed by atoms with Crippen LogP contribution in [0.25, 0.3) is 0 Å². The Morgan fingerprint density at radius 2 is 1.81 bits per heavy atom. The molecule has 0 unspecified atom stereocenters. The Balaban J connectivity index is 1.67. The fourth-order valence-electron chi connectivity index (χ4n) is 3.31. The largest absolute Gasteiger partial charge is 0.494 e. The number of benzene rings is 1. The molecule has 0 radical (unpaired) electrons. The normalized spacial score (nSPS) is 19.7. The van der Waals surface area contributed by atoms with Crippen molar-refractivity contribution in [1.29, 1.82) is 0 Å². The number of methoxy groups -OCH3 is 1. The third kappa shape index (κ3) is 4.94. The predicted molar refractivity (Wildman–Crippen MR) is 104 cm³/mol.